The lowest BCUT2D eigenvalue weighted by Crippen LogP contribution is -2.09. The predicted octanol–water partition coefficient (Wildman–Crippen LogP) is 3.71. The fraction of sp³-hybridized carbons (Fsp3) is 0.500. The van der Waals surface area contributed by atoms with Gasteiger partial charge in [0.15, 0.2) is 0 Å². The fourth-order valence-electron chi connectivity index (χ4n) is 1.46. The van der Waals surface area contributed by atoms with Crippen molar-refractivity contribution in [1.82, 2.24) is 0 Å². The summed E-state index contributed by atoms with van der Waals surface area (Å²) in [5, 5.41) is 0. The number of rotatable bonds is 2. The molecule has 0 spiro atoms. The quantitative estimate of drug-likeness (QED) is 0.703. The monoisotopic (exact) mass is 250 g/mol. The minimum atomic E-state index is 0.315. The molecule has 0 aliphatic carbocycles. The summed E-state index contributed by atoms with van der Waals surface area (Å²) in [6.45, 7) is 6.73. The number of benzene rings is 1. The average molecular weight is 251 g/mol. The Labute approximate surface area is 96.6 Å². The Morgan fingerprint density at radius 1 is 1.29 bits per heavy atom. The molecule has 0 heterocycles. The van der Waals surface area contributed by atoms with Crippen LogP contribution in [-0.2, 0) is 12.7 Å². The minimum absolute atomic E-state index is 0.315. The summed E-state index contributed by atoms with van der Waals surface area (Å²) >= 11 is 3.57. The highest BCUT2D eigenvalue weighted by atomic mass is 79.9. The summed E-state index contributed by atoms with van der Waals surface area (Å²) in [6.07, 6.45) is 1.69. The highest BCUT2D eigenvalue weighted by Gasteiger charge is 2.13. The first-order chi connectivity index (χ1) is 6.42. The Morgan fingerprint density at radius 3 is 2.43 bits per heavy atom. The molecule has 74 valence electrons. The topological polar surface area (TPSA) is 0 Å². The van der Waals surface area contributed by atoms with Crippen molar-refractivity contribution >= 4 is 23.8 Å². The lowest BCUT2D eigenvalue weighted by atomic mass is 9.86. The molecule has 1 aromatic carbocycles. The molecule has 0 aromatic heterocycles. The van der Waals surface area contributed by atoms with Gasteiger partial charge < -0.3 is 0 Å². The maximum absolute atomic E-state index is 5.62. The molecule has 2 radical (unpaired) electrons. The minimum Gasteiger partial charge on any atom is -0.0643 e. The van der Waals surface area contributed by atoms with Gasteiger partial charge in [-0.1, -0.05) is 60.7 Å². The first-order valence-corrected chi connectivity index (χ1v) is 5.69. The second kappa shape index (κ2) is 4.52. The maximum atomic E-state index is 5.62. The molecule has 0 aliphatic rings. The third kappa shape index (κ3) is 3.49. The summed E-state index contributed by atoms with van der Waals surface area (Å²) in [6, 6.07) is 6.34. The lowest BCUT2D eigenvalue weighted by Gasteiger charge is -2.19. The van der Waals surface area contributed by atoms with Crippen molar-refractivity contribution in [3.8, 4) is 0 Å². The van der Waals surface area contributed by atoms with E-state index in [0.717, 1.165) is 6.42 Å². The van der Waals surface area contributed by atoms with E-state index in [9.17, 15) is 0 Å². The van der Waals surface area contributed by atoms with Gasteiger partial charge in [-0.2, -0.15) is 0 Å². The molecular weight excluding hydrogens is 235 g/mol. The van der Waals surface area contributed by atoms with E-state index in [4.69, 9.17) is 7.85 Å². The Hall–Kier alpha value is -0.235. The van der Waals surface area contributed by atoms with Crippen molar-refractivity contribution in [3.63, 3.8) is 0 Å². The third-order valence-corrected chi connectivity index (χ3v) is 2.84. The molecule has 0 saturated carbocycles. The summed E-state index contributed by atoms with van der Waals surface area (Å²) in [4.78, 5) is 0. The van der Waals surface area contributed by atoms with Crippen molar-refractivity contribution in [2.24, 2.45) is 5.41 Å². The average Bonchev–Trinajstić information content (AvgIpc) is 2.06. The van der Waals surface area contributed by atoms with Gasteiger partial charge in [0.05, 0.1) is 7.85 Å². The normalized spacial score (nSPS) is 11.7. The molecule has 0 N–H and O–H groups in total. The van der Waals surface area contributed by atoms with E-state index in [0.29, 0.717) is 11.7 Å². The molecule has 1 aromatic rings. The molecule has 0 aliphatic heterocycles. The third-order valence-electron chi connectivity index (χ3n) is 2.07. The Morgan fingerprint density at radius 2 is 1.93 bits per heavy atom. The van der Waals surface area contributed by atoms with Crippen molar-refractivity contribution in [2.45, 2.75) is 33.5 Å². The summed E-state index contributed by atoms with van der Waals surface area (Å²) < 4.78 is 1.18. The molecule has 0 amide bonds. The van der Waals surface area contributed by atoms with E-state index >= 15 is 0 Å². The van der Waals surface area contributed by atoms with Crippen LogP contribution in [-0.4, -0.2) is 7.85 Å². The lowest BCUT2D eigenvalue weighted by molar-refractivity contribution is 0.410. The molecule has 0 bridgehead atoms. The second-order valence-electron chi connectivity index (χ2n) is 4.87. The van der Waals surface area contributed by atoms with Crippen molar-refractivity contribution in [1.29, 1.82) is 0 Å². The van der Waals surface area contributed by atoms with Gasteiger partial charge in [-0.25, -0.2) is 0 Å². The Bertz CT molecular complexity index is 313. The largest absolute Gasteiger partial charge is 0.0716 e. The summed E-state index contributed by atoms with van der Waals surface area (Å²) in [5.74, 6) is 0. The number of halogens is 1. The van der Waals surface area contributed by atoms with E-state index in [-0.39, 0.29) is 0 Å². The van der Waals surface area contributed by atoms with Gasteiger partial charge in [0.25, 0.3) is 0 Å². The van der Waals surface area contributed by atoms with Crippen molar-refractivity contribution < 1.29 is 0 Å². The van der Waals surface area contributed by atoms with Crippen molar-refractivity contribution in [2.75, 3.05) is 0 Å². The van der Waals surface area contributed by atoms with Crippen LogP contribution in [0.5, 0.6) is 0 Å². The highest BCUT2D eigenvalue weighted by Crippen LogP contribution is 2.26. The van der Waals surface area contributed by atoms with E-state index in [1.54, 1.807) is 0 Å². The zero-order chi connectivity index (χ0) is 10.8. The van der Waals surface area contributed by atoms with Crippen LogP contribution in [0.4, 0.5) is 0 Å². The Balaban J connectivity index is 2.95. The molecule has 0 unspecified atom stereocenters. The van der Waals surface area contributed by atoms with Gasteiger partial charge in [0.1, 0.15) is 0 Å². The maximum Gasteiger partial charge on any atom is 0.0716 e. The van der Waals surface area contributed by atoms with Gasteiger partial charge in [0.2, 0.25) is 0 Å². The van der Waals surface area contributed by atoms with Gasteiger partial charge in [0, 0.05) is 4.47 Å². The molecule has 0 atom stereocenters. The van der Waals surface area contributed by atoms with Crippen molar-refractivity contribution in [3.05, 3.63) is 33.8 Å². The predicted molar refractivity (Wildman–Crippen MR) is 66.8 cm³/mol. The number of hydrogen-bond donors (Lipinski definition) is 0. The van der Waals surface area contributed by atoms with Crippen LogP contribution in [0.3, 0.4) is 0 Å². The van der Waals surface area contributed by atoms with Crippen LogP contribution in [0.15, 0.2) is 22.7 Å². The molecule has 1 rings (SSSR count). The molecule has 0 fully saturated rings. The van der Waals surface area contributed by atoms with Crippen LogP contribution in [0.2, 0.25) is 0 Å². The van der Waals surface area contributed by atoms with Crippen LogP contribution in [0, 0.1) is 5.41 Å². The van der Waals surface area contributed by atoms with E-state index in [2.05, 4.69) is 54.9 Å². The first-order valence-electron chi connectivity index (χ1n) is 4.90. The van der Waals surface area contributed by atoms with E-state index < -0.39 is 0 Å². The second-order valence-corrected chi connectivity index (χ2v) is 5.72. The molecule has 0 saturated heterocycles. The molecule has 14 heavy (non-hydrogen) atoms. The van der Waals surface area contributed by atoms with Crippen LogP contribution in [0.25, 0.3) is 0 Å². The molecule has 2 heteroatoms. The SMILES string of the molecule is [B]Cc1ccc(Br)c(CC(C)(C)C)c1. The molecule has 0 nitrogen and oxygen atoms in total. The zero-order valence-corrected chi connectivity index (χ0v) is 10.7. The first kappa shape index (κ1) is 11.8. The van der Waals surface area contributed by atoms with Gasteiger partial charge in [-0.3, -0.25) is 0 Å². The summed E-state index contributed by atoms with van der Waals surface area (Å²) in [7, 11) is 5.62. The Kier molecular flexibility index (Phi) is 3.82. The van der Waals surface area contributed by atoms with Crippen LogP contribution >= 0.6 is 15.9 Å². The number of hydrogen-bond acceptors (Lipinski definition) is 0. The van der Waals surface area contributed by atoms with Gasteiger partial charge in [-0.15, -0.1) is 0 Å². The zero-order valence-electron chi connectivity index (χ0n) is 9.10. The smallest absolute Gasteiger partial charge is 0.0643 e. The van der Waals surface area contributed by atoms with E-state index in [1.807, 2.05) is 0 Å². The van der Waals surface area contributed by atoms with Gasteiger partial charge in [-0.05, 0) is 23.5 Å². The van der Waals surface area contributed by atoms with Crippen LogP contribution < -0.4 is 0 Å². The molecular formula is C12H16BBr. The fourth-order valence-corrected chi connectivity index (χ4v) is 1.85. The highest BCUT2D eigenvalue weighted by molar-refractivity contribution is 9.10. The standard InChI is InChI=1S/C12H16BBr/c1-12(2,3)7-10-6-9(8-13)4-5-11(10)14/h4-6H,7-8H2,1-3H3. The summed E-state index contributed by atoms with van der Waals surface area (Å²) in [5.41, 5.74) is 2.86. The van der Waals surface area contributed by atoms with Crippen LogP contribution in [0.1, 0.15) is 31.9 Å². The van der Waals surface area contributed by atoms with Gasteiger partial charge >= 0.3 is 0 Å². The van der Waals surface area contributed by atoms with E-state index in [1.165, 1.54) is 15.6 Å².